The molecule has 5 rings (SSSR count). The molecule has 0 saturated heterocycles. The highest BCUT2D eigenvalue weighted by Crippen LogP contribution is 2.60. The normalized spacial score (nSPS) is 29.7. The van der Waals surface area contributed by atoms with Crippen molar-refractivity contribution >= 4 is 11.7 Å². The first-order valence-electron chi connectivity index (χ1n) is 9.77. The Kier molecular flexibility index (Phi) is 5.08. The predicted molar refractivity (Wildman–Crippen MR) is 96.7 cm³/mol. The van der Waals surface area contributed by atoms with Crippen LogP contribution in [0.3, 0.4) is 0 Å². The van der Waals surface area contributed by atoms with Crippen molar-refractivity contribution in [2.75, 3.05) is 7.11 Å². The average molecular weight is 411 g/mol. The van der Waals surface area contributed by atoms with Crippen LogP contribution in [0, 0.1) is 33.3 Å². The molecular formula is C20H23F2NO6. The van der Waals surface area contributed by atoms with Crippen molar-refractivity contribution in [1.82, 2.24) is 0 Å². The lowest BCUT2D eigenvalue weighted by molar-refractivity contribution is -0.386. The van der Waals surface area contributed by atoms with E-state index in [2.05, 4.69) is 4.74 Å². The molecule has 0 aromatic heterocycles. The van der Waals surface area contributed by atoms with Crippen molar-refractivity contribution in [3.8, 4) is 11.5 Å². The minimum atomic E-state index is -3.15. The van der Waals surface area contributed by atoms with Crippen molar-refractivity contribution in [2.45, 2.75) is 51.7 Å². The molecule has 29 heavy (non-hydrogen) atoms. The lowest BCUT2D eigenvalue weighted by Crippen LogP contribution is -2.50. The number of nitro benzene ring substituents is 1. The van der Waals surface area contributed by atoms with Gasteiger partial charge >= 0.3 is 12.6 Å². The molecule has 4 bridgehead atoms. The van der Waals surface area contributed by atoms with E-state index in [0.29, 0.717) is 17.8 Å². The Balaban J connectivity index is 1.53. The van der Waals surface area contributed by atoms with Crippen LogP contribution in [-0.4, -0.2) is 24.6 Å². The summed E-state index contributed by atoms with van der Waals surface area (Å²) in [5.74, 6) is 0.858. The summed E-state index contributed by atoms with van der Waals surface area (Å²) in [5, 5.41) is 11.4. The van der Waals surface area contributed by atoms with Crippen molar-refractivity contribution in [1.29, 1.82) is 0 Å². The first-order valence-corrected chi connectivity index (χ1v) is 9.77. The number of halogens is 2. The Morgan fingerprint density at radius 2 is 1.76 bits per heavy atom. The molecule has 1 aromatic rings. The van der Waals surface area contributed by atoms with Gasteiger partial charge in [-0.2, -0.15) is 8.78 Å². The number of carbonyl (C=O) groups excluding carboxylic acids is 1. The zero-order chi connectivity index (χ0) is 20.8. The first-order chi connectivity index (χ1) is 13.8. The molecule has 0 aliphatic heterocycles. The molecule has 7 nitrogen and oxygen atoms in total. The van der Waals surface area contributed by atoms with Crippen molar-refractivity contribution in [3.05, 3.63) is 27.8 Å². The van der Waals surface area contributed by atoms with E-state index in [1.807, 2.05) is 0 Å². The van der Waals surface area contributed by atoms with Crippen LogP contribution in [0.1, 0.15) is 44.1 Å². The number of nitro groups is 1. The van der Waals surface area contributed by atoms with E-state index in [1.54, 1.807) is 0 Å². The van der Waals surface area contributed by atoms with E-state index in [0.717, 1.165) is 25.3 Å². The van der Waals surface area contributed by atoms with Crippen LogP contribution in [0.4, 0.5) is 14.5 Å². The number of rotatable bonds is 7. The number of carbonyl (C=O) groups is 1. The summed E-state index contributed by atoms with van der Waals surface area (Å²) in [4.78, 5) is 23.7. The van der Waals surface area contributed by atoms with Gasteiger partial charge in [0.1, 0.15) is 6.61 Å². The Morgan fingerprint density at radius 1 is 1.17 bits per heavy atom. The van der Waals surface area contributed by atoms with Gasteiger partial charge in [0.2, 0.25) is 0 Å². The fourth-order valence-electron chi connectivity index (χ4n) is 5.88. The molecule has 0 spiro atoms. The predicted octanol–water partition coefficient (Wildman–Crippen LogP) is 4.46. The molecule has 4 fully saturated rings. The lowest BCUT2D eigenvalue weighted by atomic mass is 9.49. The largest absolute Gasteiger partial charge is 0.493 e. The van der Waals surface area contributed by atoms with Crippen LogP contribution in [0.15, 0.2) is 12.1 Å². The molecule has 0 atom stereocenters. The number of hydrogen-bond donors (Lipinski definition) is 0. The van der Waals surface area contributed by atoms with Gasteiger partial charge in [-0.1, -0.05) is 0 Å². The number of esters is 1. The van der Waals surface area contributed by atoms with Gasteiger partial charge in [0.25, 0.3) is 5.69 Å². The number of benzene rings is 1. The fraction of sp³-hybridized carbons (Fsp3) is 0.650. The molecule has 9 heteroatoms. The smallest absolute Gasteiger partial charge is 0.387 e. The molecular weight excluding hydrogens is 388 g/mol. The summed E-state index contributed by atoms with van der Waals surface area (Å²) in [6.45, 7) is -3.47. The van der Waals surface area contributed by atoms with E-state index >= 15 is 0 Å². The Bertz CT molecular complexity index is 792. The number of alkyl halides is 2. The van der Waals surface area contributed by atoms with Gasteiger partial charge in [-0.05, 0) is 62.3 Å². The lowest BCUT2D eigenvalue weighted by Gasteiger charge is -2.55. The third-order valence-corrected chi connectivity index (χ3v) is 6.61. The molecule has 1 aromatic carbocycles. The van der Waals surface area contributed by atoms with E-state index in [1.165, 1.54) is 32.4 Å². The minimum Gasteiger partial charge on any atom is -0.493 e. The molecule has 0 radical (unpaired) electrons. The maximum Gasteiger partial charge on any atom is 0.387 e. The van der Waals surface area contributed by atoms with Crippen molar-refractivity contribution < 1.29 is 32.7 Å². The SMILES string of the molecule is COc1cc(COC(=O)C23CC4CC(CC(C4)C2)C3)c([N+](=O)[O-])cc1OC(F)F. The maximum atomic E-state index is 13.0. The van der Waals surface area contributed by atoms with E-state index in [-0.39, 0.29) is 23.9 Å². The second-order valence-electron chi connectivity index (χ2n) is 8.54. The number of methoxy groups -OCH3 is 1. The summed E-state index contributed by atoms with van der Waals surface area (Å²) in [6.07, 6.45) is 6.02. The number of hydrogen-bond acceptors (Lipinski definition) is 6. The summed E-state index contributed by atoms with van der Waals surface area (Å²) < 4.78 is 40.0. The van der Waals surface area contributed by atoms with Crippen LogP contribution in [0.2, 0.25) is 0 Å². The van der Waals surface area contributed by atoms with Crippen molar-refractivity contribution in [2.24, 2.45) is 23.2 Å². The topological polar surface area (TPSA) is 87.9 Å². The van der Waals surface area contributed by atoms with Gasteiger partial charge in [0.15, 0.2) is 11.5 Å². The monoisotopic (exact) mass is 411 g/mol. The molecule has 0 heterocycles. The highest BCUT2D eigenvalue weighted by molar-refractivity contribution is 5.77. The van der Waals surface area contributed by atoms with Gasteiger partial charge in [-0.3, -0.25) is 14.9 Å². The summed E-state index contributed by atoms with van der Waals surface area (Å²) in [6, 6.07) is 2.09. The van der Waals surface area contributed by atoms with E-state index < -0.39 is 28.4 Å². The second-order valence-corrected chi connectivity index (χ2v) is 8.54. The van der Waals surface area contributed by atoms with Gasteiger partial charge in [0, 0.05) is 0 Å². The Morgan fingerprint density at radius 3 is 2.24 bits per heavy atom. The van der Waals surface area contributed by atoms with E-state index in [9.17, 15) is 23.7 Å². The average Bonchev–Trinajstić information content (AvgIpc) is 2.64. The minimum absolute atomic E-state index is 0.0755. The molecule has 158 valence electrons. The maximum absolute atomic E-state index is 13.0. The van der Waals surface area contributed by atoms with Crippen LogP contribution in [0.25, 0.3) is 0 Å². The van der Waals surface area contributed by atoms with Crippen LogP contribution in [0.5, 0.6) is 11.5 Å². The summed E-state index contributed by atoms with van der Waals surface area (Å²) >= 11 is 0. The highest BCUT2D eigenvalue weighted by Gasteiger charge is 2.55. The summed E-state index contributed by atoms with van der Waals surface area (Å²) in [7, 11) is 1.24. The summed E-state index contributed by atoms with van der Waals surface area (Å²) in [5.41, 5.74) is -0.863. The number of nitrogens with zero attached hydrogens (tertiary/aromatic N) is 1. The highest BCUT2D eigenvalue weighted by atomic mass is 19.3. The Labute approximate surface area is 166 Å². The molecule has 0 amide bonds. The number of ether oxygens (including phenoxy) is 3. The van der Waals surface area contributed by atoms with Crippen LogP contribution in [-0.2, 0) is 16.1 Å². The molecule has 4 aliphatic rings. The third kappa shape index (κ3) is 3.74. The molecule has 0 unspecified atom stereocenters. The van der Waals surface area contributed by atoms with Crippen LogP contribution < -0.4 is 9.47 Å². The van der Waals surface area contributed by atoms with Gasteiger partial charge < -0.3 is 14.2 Å². The zero-order valence-electron chi connectivity index (χ0n) is 16.1. The van der Waals surface area contributed by atoms with E-state index in [4.69, 9.17) is 9.47 Å². The molecule has 4 aliphatic carbocycles. The van der Waals surface area contributed by atoms with Crippen molar-refractivity contribution in [3.63, 3.8) is 0 Å². The van der Waals surface area contributed by atoms with Gasteiger partial charge in [-0.25, -0.2) is 0 Å². The fourth-order valence-corrected chi connectivity index (χ4v) is 5.88. The third-order valence-electron chi connectivity index (χ3n) is 6.61. The zero-order valence-corrected chi connectivity index (χ0v) is 16.1. The standard InChI is InChI=1S/C20H23F2NO6/c1-27-16-5-14(15(23(25)26)6-17(16)29-19(21)22)10-28-18(24)20-7-11-2-12(8-20)4-13(3-11)9-20/h5-6,11-13,19H,2-4,7-10H2,1H3. The van der Waals surface area contributed by atoms with Crippen LogP contribution >= 0.6 is 0 Å². The second kappa shape index (κ2) is 7.42. The molecule has 0 N–H and O–H groups in total. The van der Waals surface area contributed by atoms with Gasteiger partial charge in [0.05, 0.1) is 29.1 Å². The molecule has 4 saturated carbocycles. The quantitative estimate of drug-likeness (QED) is 0.374. The van der Waals surface area contributed by atoms with Gasteiger partial charge in [-0.15, -0.1) is 0 Å². The Hall–Kier alpha value is -2.45. The first kappa shape index (κ1) is 19.8.